The van der Waals surface area contributed by atoms with Gasteiger partial charge in [0.2, 0.25) is 0 Å². The highest BCUT2D eigenvalue weighted by Gasteiger charge is 2.20. The molecule has 0 unspecified atom stereocenters. The minimum Gasteiger partial charge on any atom is -0.394 e. The number of hydrogen-bond donors (Lipinski definition) is 1. The van der Waals surface area contributed by atoms with E-state index in [0.717, 1.165) is 41.7 Å². The molecule has 2 aromatic rings. The molecule has 2 N–H and O–H groups in total. The fourth-order valence-electron chi connectivity index (χ4n) is 2.57. The van der Waals surface area contributed by atoms with Gasteiger partial charge in [0.05, 0.1) is 23.6 Å². The summed E-state index contributed by atoms with van der Waals surface area (Å²) in [6.45, 7) is 9.95. The minimum atomic E-state index is 0.320. The first-order valence-corrected chi connectivity index (χ1v) is 7.43. The van der Waals surface area contributed by atoms with Crippen molar-refractivity contribution < 1.29 is 0 Å². The standard InChI is InChI=1S/C16H25N5/c1-6-21(10-13-9-7-8-12(4)18-13)16-14(17)15(11(2)3)19-20(16)5/h7-9,11H,6,10,17H2,1-5H3. The maximum Gasteiger partial charge on any atom is 0.150 e. The summed E-state index contributed by atoms with van der Waals surface area (Å²) in [6, 6.07) is 6.10. The van der Waals surface area contributed by atoms with Crippen molar-refractivity contribution in [1.82, 2.24) is 14.8 Å². The first-order valence-electron chi connectivity index (χ1n) is 7.43. The van der Waals surface area contributed by atoms with Crippen LogP contribution in [0.1, 0.15) is 43.8 Å². The van der Waals surface area contributed by atoms with E-state index in [4.69, 9.17) is 5.73 Å². The van der Waals surface area contributed by atoms with Gasteiger partial charge in [0, 0.05) is 19.3 Å². The molecule has 0 aliphatic carbocycles. The van der Waals surface area contributed by atoms with Gasteiger partial charge in [0.1, 0.15) is 0 Å². The number of pyridine rings is 1. The van der Waals surface area contributed by atoms with Crippen molar-refractivity contribution in [3.8, 4) is 0 Å². The highest BCUT2D eigenvalue weighted by Crippen LogP contribution is 2.31. The lowest BCUT2D eigenvalue weighted by atomic mass is 10.1. The number of aryl methyl sites for hydroxylation is 2. The molecule has 21 heavy (non-hydrogen) atoms. The summed E-state index contributed by atoms with van der Waals surface area (Å²) in [6.07, 6.45) is 0. The van der Waals surface area contributed by atoms with E-state index in [1.807, 2.05) is 36.9 Å². The van der Waals surface area contributed by atoms with Gasteiger partial charge < -0.3 is 10.6 Å². The van der Waals surface area contributed by atoms with Crippen LogP contribution in [0.25, 0.3) is 0 Å². The zero-order valence-corrected chi connectivity index (χ0v) is 13.6. The molecule has 2 heterocycles. The van der Waals surface area contributed by atoms with E-state index >= 15 is 0 Å². The molecule has 0 aliphatic rings. The van der Waals surface area contributed by atoms with Crippen LogP contribution in [0.2, 0.25) is 0 Å². The molecule has 0 radical (unpaired) electrons. The van der Waals surface area contributed by atoms with E-state index in [9.17, 15) is 0 Å². The van der Waals surface area contributed by atoms with Gasteiger partial charge in [-0.15, -0.1) is 0 Å². The van der Waals surface area contributed by atoms with E-state index in [0.29, 0.717) is 5.92 Å². The molecule has 2 aromatic heterocycles. The average Bonchev–Trinajstić information content (AvgIpc) is 2.72. The summed E-state index contributed by atoms with van der Waals surface area (Å²) in [5, 5.41) is 4.57. The van der Waals surface area contributed by atoms with Crippen LogP contribution in [0.4, 0.5) is 11.5 Å². The van der Waals surface area contributed by atoms with Crippen molar-refractivity contribution in [3.63, 3.8) is 0 Å². The molecule has 5 nitrogen and oxygen atoms in total. The predicted octanol–water partition coefficient (Wildman–Crippen LogP) is 2.86. The number of anilines is 2. The fraction of sp³-hybridized carbons (Fsp3) is 0.500. The molecule has 0 spiro atoms. The molecule has 5 heteroatoms. The number of nitrogens with two attached hydrogens (primary N) is 1. The van der Waals surface area contributed by atoms with Crippen LogP contribution >= 0.6 is 0 Å². The molecule has 0 saturated carbocycles. The number of hydrogen-bond acceptors (Lipinski definition) is 4. The Morgan fingerprint density at radius 2 is 2.05 bits per heavy atom. The lowest BCUT2D eigenvalue weighted by molar-refractivity contribution is 0.682. The highest BCUT2D eigenvalue weighted by atomic mass is 15.4. The molecule has 114 valence electrons. The second-order valence-corrected chi connectivity index (χ2v) is 5.69. The third-order valence-electron chi connectivity index (χ3n) is 3.61. The van der Waals surface area contributed by atoms with Gasteiger partial charge in [-0.25, -0.2) is 0 Å². The van der Waals surface area contributed by atoms with Gasteiger partial charge in [-0.2, -0.15) is 5.10 Å². The number of aromatic nitrogens is 3. The smallest absolute Gasteiger partial charge is 0.150 e. The third kappa shape index (κ3) is 3.17. The lowest BCUT2D eigenvalue weighted by Gasteiger charge is -2.23. The van der Waals surface area contributed by atoms with Crippen LogP contribution in [0, 0.1) is 6.92 Å². The fourth-order valence-corrected chi connectivity index (χ4v) is 2.57. The molecular formula is C16H25N5. The molecule has 0 amide bonds. The van der Waals surface area contributed by atoms with Crippen LogP contribution in [-0.4, -0.2) is 21.3 Å². The topological polar surface area (TPSA) is 60.0 Å². The van der Waals surface area contributed by atoms with Gasteiger partial charge in [-0.05, 0) is 31.9 Å². The summed E-state index contributed by atoms with van der Waals surface area (Å²) in [5.41, 5.74) is 10.1. The van der Waals surface area contributed by atoms with Crippen molar-refractivity contribution in [3.05, 3.63) is 35.3 Å². The predicted molar refractivity (Wildman–Crippen MR) is 87.4 cm³/mol. The first kappa shape index (κ1) is 15.4. The Morgan fingerprint density at radius 1 is 1.33 bits per heavy atom. The SMILES string of the molecule is CCN(Cc1cccc(C)n1)c1c(N)c(C(C)C)nn1C. The van der Waals surface area contributed by atoms with E-state index in [1.165, 1.54) is 0 Å². The second-order valence-electron chi connectivity index (χ2n) is 5.69. The quantitative estimate of drug-likeness (QED) is 0.918. The highest BCUT2D eigenvalue weighted by molar-refractivity contribution is 5.67. The Balaban J connectivity index is 2.34. The molecule has 0 saturated heterocycles. The normalized spacial score (nSPS) is 11.1. The summed E-state index contributed by atoms with van der Waals surface area (Å²) in [4.78, 5) is 6.79. The van der Waals surface area contributed by atoms with Crippen LogP contribution < -0.4 is 10.6 Å². The Morgan fingerprint density at radius 3 is 2.57 bits per heavy atom. The molecule has 2 rings (SSSR count). The Bertz CT molecular complexity index is 615. The Labute approximate surface area is 126 Å². The van der Waals surface area contributed by atoms with Crippen molar-refractivity contribution in [2.45, 2.75) is 40.2 Å². The lowest BCUT2D eigenvalue weighted by Crippen LogP contribution is -2.25. The maximum absolute atomic E-state index is 6.32. The molecular weight excluding hydrogens is 262 g/mol. The molecule has 0 aliphatic heterocycles. The van der Waals surface area contributed by atoms with Crippen LogP contribution in [0.15, 0.2) is 18.2 Å². The van der Waals surface area contributed by atoms with E-state index < -0.39 is 0 Å². The van der Waals surface area contributed by atoms with Crippen molar-refractivity contribution in [1.29, 1.82) is 0 Å². The van der Waals surface area contributed by atoms with Gasteiger partial charge >= 0.3 is 0 Å². The molecule has 0 atom stereocenters. The Kier molecular flexibility index (Phi) is 4.50. The molecule has 0 aromatic carbocycles. The third-order valence-corrected chi connectivity index (χ3v) is 3.61. The van der Waals surface area contributed by atoms with E-state index in [-0.39, 0.29) is 0 Å². The van der Waals surface area contributed by atoms with Crippen molar-refractivity contribution in [2.75, 3.05) is 17.2 Å². The summed E-state index contributed by atoms with van der Waals surface area (Å²) in [5.74, 6) is 1.30. The van der Waals surface area contributed by atoms with Gasteiger partial charge in [-0.3, -0.25) is 9.67 Å². The molecule has 0 fully saturated rings. The monoisotopic (exact) mass is 287 g/mol. The largest absolute Gasteiger partial charge is 0.394 e. The number of rotatable bonds is 5. The van der Waals surface area contributed by atoms with Gasteiger partial charge in [-0.1, -0.05) is 19.9 Å². The van der Waals surface area contributed by atoms with Crippen molar-refractivity contribution in [2.24, 2.45) is 7.05 Å². The van der Waals surface area contributed by atoms with Crippen LogP contribution in [0.3, 0.4) is 0 Å². The Hall–Kier alpha value is -2.04. The average molecular weight is 287 g/mol. The van der Waals surface area contributed by atoms with Crippen LogP contribution in [0.5, 0.6) is 0 Å². The zero-order chi connectivity index (χ0) is 15.6. The van der Waals surface area contributed by atoms with E-state index in [2.05, 4.69) is 35.8 Å². The number of nitrogens with zero attached hydrogens (tertiary/aromatic N) is 4. The first-order chi connectivity index (χ1) is 9.93. The summed E-state index contributed by atoms with van der Waals surface area (Å²) in [7, 11) is 1.95. The van der Waals surface area contributed by atoms with Crippen molar-refractivity contribution >= 4 is 11.5 Å². The minimum absolute atomic E-state index is 0.320. The van der Waals surface area contributed by atoms with Crippen LogP contribution in [-0.2, 0) is 13.6 Å². The maximum atomic E-state index is 6.32. The second kappa shape index (κ2) is 6.16. The van der Waals surface area contributed by atoms with Gasteiger partial charge in [0.15, 0.2) is 5.82 Å². The summed E-state index contributed by atoms with van der Waals surface area (Å²) >= 11 is 0. The zero-order valence-electron chi connectivity index (χ0n) is 13.6. The van der Waals surface area contributed by atoms with Gasteiger partial charge in [0.25, 0.3) is 0 Å². The number of nitrogen functional groups attached to an aromatic ring is 1. The molecule has 0 bridgehead atoms. The summed E-state index contributed by atoms with van der Waals surface area (Å²) < 4.78 is 1.88. The van der Waals surface area contributed by atoms with E-state index in [1.54, 1.807) is 0 Å².